The molecule has 100 valence electrons. The lowest BCUT2D eigenvalue weighted by atomic mass is 10.3. The zero-order valence-electron chi connectivity index (χ0n) is 9.60. The van der Waals surface area contributed by atoms with Crippen LogP contribution in [0.3, 0.4) is 0 Å². The number of alkyl halides is 3. The highest BCUT2D eigenvalue weighted by Crippen LogP contribution is 2.13. The van der Waals surface area contributed by atoms with Crippen LogP contribution in [0.1, 0.15) is 6.92 Å². The number of hydrogen-bond donors (Lipinski definition) is 1. The second kappa shape index (κ2) is 8.08. The first-order valence-corrected chi connectivity index (χ1v) is 5.07. The van der Waals surface area contributed by atoms with E-state index in [0.29, 0.717) is 0 Å². The molecule has 0 aliphatic carbocycles. The molecule has 0 aromatic carbocycles. The number of nitrogens with one attached hydrogen (secondary N) is 1. The number of hydrogen-bond acceptors (Lipinski definition) is 4. The molecule has 0 aromatic heterocycles. The second-order valence-corrected chi connectivity index (χ2v) is 3.17. The van der Waals surface area contributed by atoms with Crippen LogP contribution < -0.4 is 5.32 Å². The summed E-state index contributed by atoms with van der Waals surface area (Å²) in [5.74, 6) is -0.517. The Hall–Kier alpha value is -1.08. The van der Waals surface area contributed by atoms with Crippen molar-refractivity contribution in [1.29, 1.82) is 0 Å². The van der Waals surface area contributed by atoms with Crippen LogP contribution in [-0.4, -0.2) is 45.1 Å². The maximum atomic E-state index is 11.7. The molecule has 0 aliphatic heterocycles. The van der Waals surface area contributed by atoms with Gasteiger partial charge in [0.15, 0.2) is 0 Å². The molecule has 0 spiro atoms. The van der Waals surface area contributed by atoms with Crippen LogP contribution in [0, 0.1) is 0 Å². The van der Waals surface area contributed by atoms with Gasteiger partial charge in [-0.25, -0.2) is 4.79 Å². The van der Waals surface area contributed by atoms with Gasteiger partial charge in [0.25, 0.3) is 0 Å². The van der Waals surface area contributed by atoms with Crippen LogP contribution in [0.25, 0.3) is 0 Å². The minimum absolute atomic E-state index is 0.0877. The zero-order valence-corrected chi connectivity index (χ0v) is 9.60. The smallest absolute Gasteiger partial charge is 0.411 e. The van der Waals surface area contributed by atoms with Gasteiger partial charge < -0.3 is 14.8 Å². The molecule has 0 aliphatic rings. The van der Waals surface area contributed by atoms with Gasteiger partial charge in [-0.2, -0.15) is 13.2 Å². The van der Waals surface area contributed by atoms with Crippen molar-refractivity contribution in [1.82, 2.24) is 5.32 Å². The maximum Gasteiger partial charge on any atom is 0.411 e. The summed E-state index contributed by atoms with van der Waals surface area (Å²) in [6.07, 6.45) is -4.31. The molecular weight excluding hydrogens is 239 g/mol. The van der Waals surface area contributed by atoms with Gasteiger partial charge in [0.05, 0.1) is 13.2 Å². The summed E-state index contributed by atoms with van der Waals surface area (Å²) < 4.78 is 44.0. The molecule has 0 atom stereocenters. The van der Waals surface area contributed by atoms with Crippen LogP contribution in [0.2, 0.25) is 0 Å². The third-order valence-electron chi connectivity index (χ3n) is 1.59. The van der Waals surface area contributed by atoms with Crippen molar-refractivity contribution in [2.45, 2.75) is 13.1 Å². The number of carbonyl (C=O) groups excluding carboxylic acids is 1. The Bertz CT molecular complexity index is 254. The van der Waals surface area contributed by atoms with Gasteiger partial charge in [0.2, 0.25) is 0 Å². The molecule has 0 unspecified atom stereocenters. The molecular formula is C10H16F3NO3. The monoisotopic (exact) mass is 255 g/mol. The number of ether oxygens (including phenoxy) is 2. The average molecular weight is 255 g/mol. The van der Waals surface area contributed by atoms with Crippen molar-refractivity contribution in [2.75, 3.05) is 32.9 Å². The number of carbonyl (C=O) groups is 1. The lowest BCUT2D eigenvalue weighted by Crippen LogP contribution is -2.27. The van der Waals surface area contributed by atoms with Gasteiger partial charge in [-0.15, -0.1) is 0 Å². The standard InChI is InChI=1S/C10H16F3NO3/c1-3-17-9(15)8(2)6-14-4-5-16-7-10(11,12)13/h14H,2-7H2,1H3. The highest BCUT2D eigenvalue weighted by molar-refractivity contribution is 5.88. The summed E-state index contributed by atoms with van der Waals surface area (Å²) in [6, 6.07) is 0. The third kappa shape index (κ3) is 9.83. The van der Waals surface area contributed by atoms with Crippen LogP contribution in [-0.2, 0) is 14.3 Å². The summed E-state index contributed by atoms with van der Waals surface area (Å²) in [7, 11) is 0. The normalized spacial score (nSPS) is 11.3. The Morgan fingerprint density at radius 3 is 2.59 bits per heavy atom. The molecule has 0 fully saturated rings. The highest BCUT2D eigenvalue weighted by atomic mass is 19.4. The van der Waals surface area contributed by atoms with E-state index in [-0.39, 0.29) is 31.9 Å². The second-order valence-electron chi connectivity index (χ2n) is 3.17. The lowest BCUT2D eigenvalue weighted by molar-refractivity contribution is -0.173. The van der Waals surface area contributed by atoms with Crippen LogP contribution in [0.4, 0.5) is 13.2 Å². The van der Waals surface area contributed by atoms with Crippen molar-refractivity contribution in [3.63, 3.8) is 0 Å². The molecule has 1 N–H and O–H groups in total. The van der Waals surface area contributed by atoms with Crippen molar-refractivity contribution in [2.24, 2.45) is 0 Å². The van der Waals surface area contributed by atoms with Crippen molar-refractivity contribution in [3.8, 4) is 0 Å². The van der Waals surface area contributed by atoms with Crippen LogP contribution >= 0.6 is 0 Å². The Kier molecular flexibility index (Phi) is 7.56. The molecule has 0 heterocycles. The first kappa shape index (κ1) is 15.9. The summed E-state index contributed by atoms with van der Waals surface area (Å²) in [6.45, 7) is 4.40. The fourth-order valence-electron chi connectivity index (χ4n) is 0.877. The third-order valence-corrected chi connectivity index (χ3v) is 1.59. The molecule has 4 nitrogen and oxygen atoms in total. The van der Waals surface area contributed by atoms with Gasteiger partial charge in [0.1, 0.15) is 6.61 Å². The quantitative estimate of drug-likeness (QED) is 0.403. The molecule has 0 amide bonds. The Labute approximate surface area is 97.8 Å². The first-order chi connectivity index (χ1) is 7.87. The van der Waals surface area contributed by atoms with E-state index in [1.165, 1.54) is 0 Å². The topological polar surface area (TPSA) is 47.6 Å². The molecule has 0 aromatic rings. The van der Waals surface area contributed by atoms with E-state index in [4.69, 9.17) is 0 Å². The van der Waals surface area contributed by atoms with E-state index < -0.39 is 18.8 Å². The molecule has 17 heavy (non-hydrogen) atoms. The summed E-state index contributed by atoms with van der Waals surface area (Å²) in [5.41, 5.74) is 0.225. The van der Waals surface area contributed by atoms with Crippen LogP contribution in [0.5, 0.6) is 0 Å². The van der Waals surface area contributed by atoms with E-state index in [0.717, 1.165) is 0 Å². The fourth-order valence-corrected chi connectivity index (χ4v) is 0.877. The van der Waals surface area contributed by atoms with Crippen molar-refractivity contribution in [3.05, 3.63) is 12.2 Å². The molecule has 0 rings (SSSR count). The van der Waals surface area contributed by atoms with Gasteiger partial charge in [-0.05, 0) is 6.92 Å². The first-order valence-electron chi connectivity index (χ1n) is 5.07. The van der Waals surface area contributed by atoms with Gasteiger partial charge in [-0.3, -0.25) is 0 Å². The van der Waals surface area contributed by atoms with Crippen molar-refractivity contribution >= 4 is 5.97 Å². The summed E-state index contributed by atoms with van der Waals surface area (Å²) in [5, 5.41) is 2.72. The molecule has 0 radical (unpaired) electrons. The van der Waals surface area contributed by atoms with E-state index >= 15 is 0 Å². The van der Waals surface area contributed by atoms with Gasteiger partial charge >= 0.3 is 12.1 Å². The maximum absolute atomic E-state index is 11.7. The van der Waals surface area contributed by atoms with Crippen molar-refractivity contribution < 1.29 is 27.4 Å². The Morgan fingerprint density at radius 1 is 1.41 bits per heavy atom. The van der Waals surface area contributed by atoms with E-state index in [9.17, 15) is 18.0 Å². The molecule has 0 bridgehead atoms. The number of rotatable bonds is 8. The van der Waals surface area contributed by atoms with E-state index in [1.807, 2.05) is 0 Å². The lowest BCUT2D eigenvalue weighted by Gasteiger charge is -2.09. The zero-order chi connectivity index (χ0) is 13.3. The van der Waals surface area contributed by atoms with Crippen LogP contribution in [0.15, 0.2) is 12.2 Å². The molecule has 7 heteroatoms. The minimum Gasteiger partial charge on any atom is -0.463 e. The Morgan fingerprint density at radius 2 is 2.06 bits per heavy atom. The minimum atomic E-state index is -4.31. The Balaban J connectivity index is 3.46. The molecule has 0 saturated carbocycles. The fraction of sp³-hybridized carbons (Fsp3) is 0.700. The molecule has 0 saturated heterocycles. The highest BCUT2D eigenvalue weighted by Gasteiger charge is 2.27. The summed E-state index contributed by atoms with van der Waals surface area (Å²) >= 11 is 0. The van der Waals surface area contributed by atoms with Gasteiger partial charge in [-0.1, -0.05) is 6.58 Å². The van der Waals surface area contributed by atoms with E-state index in [2.05, 4.69) is 21.4 Å². The predicted molar refractivity (Wildman–Crippen MR) is 55.5 cm³/mol. The number of esters is 1. The average Bonchev–Trinajstić information content (AvgIpc) is 2.21. The SMILES string of the molecule is C=C(CNCCOCC(F)(F)F)C(=O)OCC. The number of halogens is 3. The summed E-state index contributed by atoms with van der Waals surface area (Å²) in [4.78, 5) is 11.1. The predicted octanol–water partition coefficient (Wildman–Crippen LogP) is 1.27. The largest absolute Gasteiger partial charge is 0.463 e. The van der Waals surface area contributed by atoms with Gasteiger partial charge in [0, 0.05) is 18.7 Å². The van der Waals surface area contributed by atoms with E-state index in [1.54, 1.807) is 6.92 Å².